The van der Waals surface area contributed by atoms with E-state index in [-0.39, 0.29) is 5.92 Å². The van der Waals surface area contributed by atoms with Crippen molar-refractivity contribution in [3.63, 3.8) is 0 Å². The van der Waals surface area contributed by atoms with Crippen molar-refractivity contribution in [3.8, 4) is 0 Å². The van der Waals surface area contributed by atoms with Crippen LogP contribution in [0.15, 0.2) is 22.7 Å². The van der Waals surface area contributed by atoms with E-state index in [0.717, 1.165) is 29.4 Å². The molecule has 1 aliphatic carbocycles. The van der Waals surface area contributed by atoms with E-state index >= 15 is 0 Å². The Balaban J connectivity index is 2.27. The Kier molecular flexibility index (Phi) is 3.45. The van der Waals surface area contributed by atoms with Gasteiger partial charge in [-0.05, 0) is 44.6 Å². The Labute approximate surface area is 105 Å². The lowest BCUT2D eigenvalue weighted by Gasteiger charge is -2.25. The number of hydrogen-bond donors (Lipinski definition) is 0. The molecular formula is C13H16BrNO. The van der Waals surface area contributed by atoms with Gasteiger partial charge in [-0.15, -0.1) is 0 Å². The summed E-state index contributed by atoms with van der Waals surface area (Å²) in [5, 5.41) is 0. The maximum absolute atomic E-state index is 12.3. The average molecular weight is 282 g/mol. The van der Waals surface area contributed by atoms with Gasteiger partial charge in [0.05, 0.1) is 0 Å². The van der Waals surface area contributed by atoms with Gasteiger partial charge in [-0.2, -0.15) is 0 Å². The number of fused-ring (bicyclic) bond motifs is 1. The fourth-order valence-corrected chi connectivity index (χ4v) is 2.65. The molecule has 16 heavy (non-hydrogen) atoms. The molecule has 0 saturated carbocycles. The zero-order valence-electron chi connectivity index (χ0n) is 9.66. The predicted octanol–water partition coefficient (Wildman–Crippen LogP) is 2.76. The van der Waals surface area contributed by atoms with E-state index < -0.39 is 0 Å². The molecule has 0 fully saturated rings. The van der Waals surface area contributed by atoms with Gasteiger partial charge in [-0.1, -0.05) is 22.0 Å². The number of benzene rings is 1. The highest BCUT2D eigenvalue weighted by Gasteiger charge is 2.27. The van der Waals surface area contributed by atoms with Gasteiger partial charge >= 0.3 is 0 Å². The Bertz CT molecular complexity index is 414. The van der Waals surface area contributed by atoms with Crippen LogP contribution in [-0.4, -0.2) is 31.3 Å². The molecule has 0 spiro atoms. The van der Waals surface area contributed by atoms with Gasteiger partial charge < -0.3 is 4.90 Å². The van der Waals surface area contributed by atoms with Gasteiger partial charge in [-0.25, -0.2) is 0 Å². The normalized spacial score (nSPS) is 20.0. The van der Waals surface area contributed by atoms with Crippen molar-refractivity contribution in [2.24, 2.45) is 5.92 Å². The summed E-state index contributed by atoms with van der Waals surface area (Å²) in [5.41, 5.74) is 2.11. The summed E-state index contributed by atoms with van der Waals surface area (Å²) < 4.78 is 0.991. The predicted molar refractivity (Wildman–Crippen MR) is 68.8 cm³/mol. The van der Waals surface area contributed by atoms with Crippen LogP contribution in [0.1, 0.15) is 22.3 Å². The summed E-state index contributed by atoms with van der Waals surface area (Å²) in [7, 11) is 4.04. The summed E-state index contributed by atoms with van der Waals surface area (Å²) in [4.78, 5) is 14.3. The van der Waals surface area contributed by atoms with Crippen molar-refractivity contribution >= 4 is 21.7 Å². The second-order valence-electron chi connectivity index (χ2n) is 4.66. The minimum atomic E-state index is 0.164. The molecule has 2 rings (SSSR count). The minimum absolute atomic E-state index is 0.164. The van der Waals surface area contributed by atoms with Gasteiger partial charge in [0, 0.05) is 22.5 Å². The van der Waals surface area contributed by atoms with Crippen LogP contribution < -0.4 is 0 Å². The van der Waals surface area contributed by atoms with Crippen molar-refractivity contribution in [2.75, 3.05) is 20.6 Å². The highest BCUT2D eigenvalue weighted by molar-refractivity contribution is 9.10. The van der Waals surface area contributed by atoms with Crippen molar-refractivity contribution in [3.05, 3.63) is 33.8 Å². The second-order valence-corrected chi connectivity index (χ2v) is 5.58. The molecule has 86 valence electrons. The zero-order valence-corrected chi connectivity index (χ0v) is 11.3. The number of nitrogens with zero attached hydrogens (tertiary/aromatic N) is 1. The third kappa shape index (κ3) is 2.36. The molecule has 0 amide bonds. The molecule has 0 radical (unpaired) electrons. The molecule has 1 aromatic rings. The molecule has 0 N–H and O–H groups in total. The van der Waals surface area contributed by atoms with E-state index in [2.05, 4.69) is 26.9 Å². The van der Waals surface area contributed by atoms with E-state index in [1.807, 2.05) is 26.2 Å². The van der Waals surface area contributed by atoms with Crippen LogP contribution in [-0.2, 0) is 6.42 Å². The van der Waals surface area contributed by atoms with E-state index in [4.69, 9.17) is 0 Å². The molecule has 0 aliphatic heterocycles. The summed E-state index contributed by atoms with van der Waals surface area (Å²) >= 11 is 3.43. The van der Waals surface area contributed by atoms with Crippen molar-refractivity contribution < 1.29 is 4.79 Å². The van der Waals surface area contributed by atoms with Crippen LogP contribution in [0, 0.1) is 5.92 Å². The number of halogens is 1. The Morgan fingerprint density at radius 1 is 1.44 bits per heavy atom. The fourth-order valence-electron chi connectivity index (χ4n) is 2.29. The quantitative estimate of drug-likeness (QED) is 0.831. The summed E-state index contributed by atoms with van der Waals surface area (Å²) in [6, 6.07) is 6.03. The van der Waals surface area contributed by atoms with Crippen LogP contribution in [0.3, 0.4) is 0 Å². The molecular weight excluding hydrogens is 266 g/mol. The van der Waals surface area contributed by atoms with Crippen LogP contribution >= 0.6 is 15.9 Å². The van der Waals surface area contributed by atoms with Gasteiger partial charge in [0.15, 0.2) is 5.78 Å². The lowest BCUT2D eigenvalue weighted by molar-refractivity contribution is 0.0877. The molecule has 0 bridgehead atoms. The molecule has 1 aromatic carbocycles. The zero-order chi connectivity index (χ0) is 11.7. The molecule has 3 heteroatoms. The first-order chi connectivity index (χ1) is 7.58. The summed E-state index contributed by atoms with van der Waals surface area (Å²) in [6.45, 7) is 0.852. The molecule has 1 unspecified atom stereocenters. The smallest absolute Gasteiger partial charge is 0.167 e. The van der Waals surface area contributed by atoms with E-state index in [0.29, 0.717) is 5.78 Å². The maximum Gasteiger partial charge on any atom is 0.167 e. The van der Waals surface area contributed by atoms with Gasteiger partial charge in [0.25, 0.3) is 0 Å². The van der Waals surface area contributed by atoms with Crippen molar-refractivity contribution in [2.45, 2.75) is 12.8 Å². The van der Waals surface area contributed by atoms with Crippen LogP contribution in [0.25, 0.3) is 0 Å². The Morgan fingerprint density at radius 3 is 2.88 bits per heavy atom. The maximum atomic E-state index is 12.3. The highest BCUT2D eigenvalue weighted by Crippen LogP contribution is 2.28. The molecule has 0 saturated heterocycles. The topological polar surface area (TPSA) is 20.3 Å². The van der Waals surface area contributed by atoms with Crippen molar-refractivity contribution in [1.82, 2.24) is 4.90 Å². The van der Waals surface area contributed by atoms with Crippen LogP contribution in [0.5, 0.6) is 0 Å². The summed E-state index contributed by atoms with van der Waals surface area (Å²) in [6.07, 6.45) is 2.00. The van der Waals surface area contributed by atoms with E-state index in [1.54, 1.807) is 0 Å². The highest BCUT2D eigenvalue weighted by atomic mass is 79.9. The van der Waals surface area contributed by atoms with Crippen LogP contribution in [0.2, 0.25) is 0 Å². The first kappa shape index (κ1) is 11.8. The van der Waals surface area contributed by atoms with Crippen LogP contribution in [0.4, 0.5) is 0 Å². The van der Waals surface area contributed by atoms with E-state index in [9.17, 15) is 4.79 Å². The lowest BCUT2D eigenvalue weighted by Crippen LogP contribution is -2.31. The third-order valence-electron chi connectivity index (χ3n) is 3.06. The third-order valence-corrected chi connectivity index (χ3v) is 3.55. The molecule has 1 atom stereocenters. The summed E-state index contributed by atoms with van der Waals surface area (Å²) in [5.74, 6) is 0.466. The number of ketones is 1. The Hall–Kier alpha value is -0.670. The number of hydrogen-bond acceptors (Lipinski definition) is 2. The fraction of sp³-hybridized carbons (Fsp3) is 0.462. The van der Waals surface area contributed by atoms with Gasteiger partial charge in [0.1, 0.15) is 0 Å². The number of rotatable bonds is 2. The standard InChI is InChI=1S/C13H16BrNO/c1-15(2)8-10-4-3-9-5-6-11(14)7-12(9)13(10)16/h5-7,10H,3-4,8H2,1-2H3. The SMILES string of the molecule is CN(C)CC1CCc2ccc(Br)cc2C1=O. The second kappa shape index (κ2) is 4.68. The first-order valence-electron chi connectivity index (χ1n) is 5.55. The Morgan fingerprint density at radius 2 is 2.19 bits per heavy atom. The molecule has 0 aromatic heterocycles. The van der Waals surface area contributed by atoms with Gasteiger partial charge in [-0.3, -0.25) is 4.79 Å². The average Bonchev–Trinajstić information content (AvgIpc) is 2.22. The molecule has 2 nitrogen and oxygen atoms in total. The number of aryl methyl sites for hydroxylation is 1. The minimum Gasteiger partial charge on any atom is -0.309 e. The number of carbonyl (C=O) groups is 1. The molecule has 0 heterocycles. The largest absolute Gasteiger partial charge is 0.309 e. The lowest BCUT2D eigenvalue weighted by atomic mass is 9.82. The number of carbonyl (C=O) groups excluding carboxylic acids is 1. The number of Topliss-reactive ketones (excluding diaryl/α,β-unsaturated/α-hetero) is 1. The monoisotopic (exact) mass is 281 g/mol. The van der Waals surface area contributed by atoms with Crippen molar-refractivity contribution in [1.29, 1.82) is 0 Å². The van der Waals surface area contributed by atoms with Gasteiger partial charge in [0.2, 0.25) is 0 Å². The van der Waals surface area contributed by atoms with E-state index in [1.165, 1.54) is 5.56 Å². The first-order valence-corrected chi connectivity index (χ1v) is 6.34. The molecule has 1 aliphatic rings.